The van der Waals surface area contributed by atoms with E-state index in [-0.39, 0.29) is 12.5 Å². The number of allylic oxidation sites excluding steroid dienone is 3. The summed E-state index contributed by atoms with van der Waals surface area (Å²) in [4.78, 5) is 12.9. The first-order chi connectivity index (χ1) is 29.3. The van der Waals surface area contributed by atoms with E-state index < -0.39 is 49.5 Å². The van der Waals surface area contributed by atoms with Crippen molar-refractivity contribution in [2.24, 2.45) is 0 Å². The normalized spacial score (nSPS) is 20.7. The molecule has 354 valence electrons. The monoisotopic (exact) mass is 852 g/mol. The van der Waals surface area contributed by atoms with E-state index in [0.29, 0.717) is 6.42 Å². The highest BCUT2D eigenvalue weighted by atomic mass is 16.7. The van der Waals surface area contributed by atoms with E-state index in [1.54, 1.807) is 6.08 Å². The fourth-order valence-electron chi connectivity index (χ4n) is 8.17. The number of ether oxygens (including phenoxy) is 2. The minimum atomic E-state index is -1.57. The summed E-state index contributed by atoms with van der Waals surface area (Å²) >= 11 is 0. The molecule has 7 atom stereocenters. The number of nitrogens with one attached hydrogen (secondary N) is 1. The summed E-state index contributed by atoms with van der Waals surface area (Å²) in [5, 5.41) is 54.2. The summed E-state index contributed by atoms with van der Waals surface area (Å²) < 4.78 is 11.2. The summed E-state index contributed by atoms with van der Waals surface area (Å²) in [5.74, 6) is -0.187. The first-order valence-electron chi connectivity index (χ1n) is 25.6. The highest BCUT2D eigenvalue weighted by Gasteiger charge is 2.44. The van der Waals surface area contributed by atoms with Gasteiger partial charge in [0.25, 0.3) is 0 Å². The van der Waals surface area contributed by atoms with Crippen molar-refractivity contribution in [2.75, 3.05) is 13.2 Å². The van der Waals surface area contributed by atoms with Gasteiger partial charge in [-0.15, -0.1) is 0 Å². The molecule has 1 aliphatic heterocycles. The Labute approximate surface area is 369 Å². The van der Waals surface area contributed by atoms with Gasteiger partial charge in [-0.05, 0) is 32.1 Å². The van der Waals surface area contributed by atoms with Crippen LogP contribution in [0.5, 0.6) is 0 Å². The average molecular weight is 852 g/mol. The number of hydrogen-bond acceptors (Lipinski definition) is 8. The second-order valence-corrected chi connectivity index (χ2v) is 18.0. The summed E-state index contributed by atoms with van der Waals surface area (Å²) in [6, 6.07) is -0.816. The smallest absolute Gasteiger partial charge is 0.220 e. The molecule has 0 saturated carbocycles. The number of carbonyl (C=O) groups excluding carboxylic acids is 1. The minimum absolute atomic E-state index is 0.187. The summed E-state index contributed by atoms with van der Waals surface area (Å²) in [6.45, 7) is 3.75. The van der Waals surface area contributed by atoms with E-state index in [0.717, 1.165) is 38.5 Å². The lowest BCUT2D eigenvalue weighted by atomic mass is 9.99. The maximum Gasteiger partial charge on any atom is 0.220 e. The Morgan fingerprint density at radius 1 is 0.550 bits per heavy atom. The molecule has 0 aromatic heterocycles. The fraction of sp³-hybridized carbons (Fsp3) is 0.902. The standard InChI is InChI=1S/C51H97NO8/c1-3-5-7-9-11-13-15-16-17-18-19-20-21-22-23-24-25-26-27-28-29-30-31-32-34-36-38-40-45(54)44(43-59-51-50(58)49(57)48(56)46(42-53)60-51)52-47(55)41-39-37-35-33-14-12-10-8-6-4-2/h31-32,38,40,44-46,48-51,53-54,56-58H,3-30,33-37,39,41-43H2,1-2H3,(H,52,55)/b32-31+,40-38+. The van der Waals surface area contributed by atoms with Crippen LogP contribution in [0.3, 0.4) is 0 Å². The highest BCUT2D eigenvalue weighted by molar-refractivity contribution is 5.76. The van der Waals surface area contributed by atoms with Crippen LogP contribution in [-0.4, -0.2) is 87.5 Å². The van der Waals surface area contributed by atoms with Crippen LogP contribution in [-0.2, 0) is 14.3 Å². The van der Waals surface area contributed by atoms with Crippen molar-refractivity contribution in [3.8, 4) is 0 Å². The molecule has 1 fully saturated rings. The maximum absolute atomic E-state index is 12.9. The molecule has 0 aromatic rings. The molecule has 1 rings (SSSR count). The van der Waals surface area contributed by atoms with Crippen LogP contribution in [0, 0.1) is 0 Å². The van der Waals surface area contributed by atoms with Gasteiger partial charge >= 0.3 is 0 Å². The number of amides is 1. The van der Waals surface area contributed by atoms with E-state index >= 15 is 0 Å². The zero-order valence-corrected chi connectivity index (χ0v) is 39.0. The van der Waals surface area contributed by atoms with Crippen LogP contribution in [0.4, 0.5) is 0 Å². The molecule has 0 radical (unpaired) electrons. The highest BCUT2D eigenvalue weighted by Crippen LogP contribution is 2.23. The average Bonchev–Trinajstić information content (AvgIpc) is 3.25. The van der Waals surface area contributed by atoms with Crippen molar-refractivity contribution in [1.29, 1.82) is 0 Å². The molecule has 1 saturated heterocycles. The first-order valence-corrected chi connectivity index (χ1v) is 25.6. The zero-order chi connectivity index (χ0) is 43.7. The van der Waals surface area contributed by atoms with Crippen LogP contribution in [0.1, 0.15) is 239 Å². The summed E-state index contributed by atoms with van der Waals surface area (Å²) in [7, 11) is 0. The van der Waals surface area contributed by atoms with Crippen molar-refractivity contribution in [3.05, 3.63) is 24.3 Å². The van der Waals surface area contributed by atoms with E-state index in [1.165, 1.54) is 180 Å². The number of unbranched alkanes of at least 4 members (excludes halogenated alkanes) is 31. The third kappa shape index (κ3) is 31.5. The van der Waals surface area contributed by atoms with E-state index in [4.69, 9.17) is 9.47 Å². The number of rotatable bonds is 43. The number of carbonyl (C=O) groups is 1. The molecule has 0 spiro atoms. The minimum Gasteiger partial charge on any atom is -0.394 e. The van der Waals surface area contributed by atoms with Gasteiger partial charge in [-0.2, -0.15) is 0 Å². The maximum atomic E-state index is 12.9. The van der Waals surface area contributed by atoms with Gasteiger partial charge in [-0.3, -0.25) is 4.79 Å². The Morgan fingerprint density at radius 3 is 1.40 bits per heavy atom. The van der Waals surface area contributed by atoms with Crippen molar-refractivity contribution in [3.63, 3.8) is 0 Å². The lowest BCUT2D eigenvalue weighted by Gasteiger charge is -2.40. The largest absolute Gasteiger partial charge is 0.394 e. The Hall–Kier alpha value is -1.33. The summed E-state index contributed by atoms with van der Waals surface area (Å²) in [6.07, 6.45) is 44.0. The molecule has 60 heavy (non-hydrogen) atoms. The van der Waals surface area contributed by atoms with E-state index in [2.05, 4.69) is 31.3 Å². The number of aliphatic hydroxyl groups is 5. The van der Waals surface area contributed by atoms with Gasteiger partial charge in [0.05, 0.1) is 25.4 Å². The molecule has 1 aliphatic rings. The van der Waals surface area contributed by atoms with Crippen molar-refractivity contribution in [1.82, 2.24) is 5.32 Å². The van der Waals surface area contributed by atoms with E-state index in [9.17, 15) is 30.3 Å². The quantitative estimate of drug-likeness (QED) is 0.0262. The second kappa shape index (κ2) is 41.7. The van der Waals surface area contributed by atoms with Gasteiger partial charge in [0.2, 0.25) is 5.91 Å². The molecule has 0 aliphatic carbocycles. The molecule has 1 heterocycles. The molecule has 7 unspecified atom stereocenters. The Bertz CT molecular complexity index is 992. The first kappa shape index (κ1) is 56.7. The number of hydrogen-bond donors (Lipinski definition) is 6. The molecule has 0 bridgehead atoms. The van der Waals surface area contributed by atoms with Crippen molar-refractivity contribution < 1.29 is 39.8 Å². The second-order valence-electron chi connectivity index (χ2n) is 18.0. The van der Waals surface area contributed by atoms with Crippen LogP contribution in [0.15, 0.2) is 24.3 Å². The Morgan fingerprint density at radius 2 is 0.950 bits per heavy atom. The molecule has 9 nitrogen and oxygen atoms in total. The zero-order valence-electron chi connectivity index (χ0n) is 39.0. The van der Waals surface area contributed by atoms with Crippen LogP contribution in [0.2, 0.25) is 0 Å². The van der Waals surface area contributed by atoms with Gasteiger partial charge in [-0.25, -0.2) is 0 Å². The van der Waals surface area contributed by atoms with Crippen molar-refractivity contribution in [2.45, 2.75) is 281 Å². The Balaban J connectivity index is 2.22. The van der Waals surface area contributed by atoms with Crippen LogP contribution >= 0.6 is 0 Å². The molecule has 9 heteroatoms. The van der Waals surface area contributed by atoms with Gasteiger partial charge in [0.15, 0.2) is 6.29 Å². The van der Waals surface area contributed by atoms with Crippen molar-refractivity contribution >= 4 is 5.91 Å². The SMILES string of the molecule is CCCCCCCCCCCCCCCCCCCCCCC/C=C/CC/C=C/C(O)C(COC1OC(CO)C(O)C(O)C1O)NC(=O)CCCCCCCCCCCC. The third-order valence-electron chi connectivity index (χ3n) is 12.3. The Kier molecular flexibility index (Phi) is 39.4. The van der Waals surface area contributed by atoms with Gasteiger partial charge in [0, 0.05) is 6.42 Å². The molecular formula is C51H97NO8. The molecule has 1 amide bonds. The third-order valence-corrected chi connectivity index (χ3v) is 12.3. The van der Waals surface area contributed by atoms with Crippen LogP contribution < -0.4 is 5.32 Å². The molecule has 0 aromatic carbocycles. The van der Waals surface area contributed by atoms with Gasteiger partial charge in [0.1, 0.15) is 24.4 Å². The molecule has 6 N–H and O–H groups in total. The number of aliphatic hydroxyl groups excluding tert-OH is 5. The summed E-state index contributed by atoms with van der Waals surface area (Å²) in [5.41, 5.74) is 0. The van der Waals surface area contributed by atoms with Crippen LogP contribution in [0.25, 0.3) is 0 Å². The molecular weight excluding hydrogens is 755 g/mol. The van der Waals surface area contributed by atoms with E-state index in [1.807, 2.05) is 6.08 Å². The van der Waals surface area contributed by atoms with Gasteiger partial charge < -0.3 is 40.3 Å². The predicted molar refractivity (Wildman–Crippen MR) is 249 cm³/mol. The fourth-order valence-corrected chi connectivity index (χ4v) is 8.17. The predicted octanol–water partition coefficient (Wildman–Crippen LogP) is 11.5. The topological polar surface area (TPSA) is 149 Å². The van der Waals surface area contributed by atoms with Gasteiger partial charge in [-0.1, -0.05) is 224 Å². The lowest BCUT2D eigenvalue weighted by Crippen LogP contribution is -2.60. The lowest BCUT2D eigenvalue weighted by molar-refractivity contribution is -0.302.